The summed E-state index contributed by atoms with van der Waals surface area (Å²) in [6.07, 6.45) is 5.28. The quantitative estimate of drug-likeness (QED) is 0.814. The standard InChI is InChI=1S/C12H14N4O/c13-5-10-12(15-8-3-9(17)4-8)16-11(6-14-10)7-1-2-7/h6-9,17H,1-4H2,(H,15,16). The Morgan fingerprint density at radius 1 is 1.41 bits per heavy atom. The second-order valence-electron chi connectivity index (χ2n) is 4.84. The number of hydrogen-bond acceptors (Lipinski definition) is 5. The molecule has 5 heteroatoms. The molecule has 0 spiro atoms. The molecular weight excluding hydrogens is 216 g/mol. The minimum absolute atomic E-state index is 0.211. The lowest BCUT2D eigenvalue weighted by Crippen LogP contribution is -2.39. The first-order chi connectivity index (χ1) is 8.26. The Bertz CT molecular complexity index is 472. The van der Waals surface area contributed by atoms with Gasteiger partial charge >= 0.3 is 0 Å². The topological polar surface area (TPSA) is 81.8 Å². The molecule has 1 aromatic rings. The van der Waals surface area contributed by atoms with E-state index in [-0.39, 0.29) is 12.1 Å². The molecule has 3 rings (SSSR count). The summed E-state index contributed by atoms with van der Waals surface area (Å²) in [6.45, 7) is 0. The highest BCUT2D eigenvalue weighted by atomic mass is 16.3. The second-order valence-corrected chi connectivity index (χ2v) is 4.84. The van der Waals surface area contributed by atoms with Crippen LogP contribution < -0.4 is 5.32 Å². The maximum Gasteiger partial charge on any atom is 0.183 e. The third-order valence-electron chi connectivity index (χ3n) is 3.35. The Labute approximate surface area is 99.5 Å². The molecule has 5 nitrogen and oxygen atoms in total. The number of aliphatic hydroxyl groups excluding tert-OH is 1. The van der Waals surface area contributed by atoms with E-state index in [1.54, 1.807) is 6.20 Å². The van der Waals surface area contributed by atoms with Crippen molar-refractivity contribution in [2.45, 2.75) is 43.7 Å². The van der Waals surface area contributed by atoms with E-state index in [4.69, 9.17) is 5.26 Å². The van der Waals surface area contributed by atoms with E-state index in [0.29, 0.717) is 17.4 Å². The summed E-state index contributed by atoms with van der Waals surface area (Å²) in [5.74, 6) is 1.11. The lowest BCUT2D eigenvalue weighted by molar-refractivity contribution is 0.0835. The smallest absolute Gasteiger partial charge is 0.183 e. The van der Waals surface area contributed by atoms with Crippen LogP contribution >= 0.6 is 0 Å². The van der Waals surface area contributed by atoms with E-state index >= 15 is 0 Å². The van der Waals surface area contributed by atoms with Crippen molar-refractivity contribution in [3.05, 3.63) is 17.6 Å². The summed E-state index contributed by atoms with van der Waals surface area (Å²) < 4.78 is 0. The number of hydrogen-bond donors (Lipinski definition) is 2. The summed E-state index contributed by atoms with van der Waals surface area (Å²) in [4.78, 5) is 8.61. The van der Waals surface area contributed by atoms with Gasteiger partial charge in [0.15, 0.2) is 11.5 Å². The van der Waals surface area contributed by atoms with E-state index in [1.807, 2.05) is 6.07 Å². The Morgan fingerprint density at radius 3 is 2.76 bits per heavy atom. The maximum absolute atomic E-state index is 9.23. The molecule has 0 amide bonds. The molecule has 0 atom stereocenters. The lowest BCUT2D eigenvalue weighted by Gasteiger charge is -2.32. The van der Waals surface area contributed by atoms with Crippen LogP contribution in [0.25, 0.3) is 0 Å². The number of nitriles is 1. The summed E-state index contributed by atoms with van der Waals surface area (Å²) in [5, 5.41) is 21.4. The molecule has 2 N–H and O–H groups in total. The predicted octanol–water partition coefficient (Wildman–Crippen LogP) is 1.16. The van der Waals surface area contributed by atoms with E-state index in [9.17, 15) is 5.11 Å². The monoisotopic (exact) mass is 230 g/mol. The molecule has 2 saturated carbocycles. The summed E-state index contributed by atoms with van der Waals surface area (Å²) in [6, 6.07) is 2.27. The van der Waals surface area contributed by atoms with Crippen molar-refractivity contribution in [2.75, 3.05) is 5.32 Å². The predicted molar refractivity (Wildman–Crippen MR) is 61.4 cm³/mol. The van der Waals surface area contributed by atoms with Crippen LogP contribution in [0.5, 0.6) is 0 Å². The van der Waals surface area contributed by atoms with Gasteiger partial charge in [-0.3, -0.25) is 0 Å². The van der Waals surface area contributed by atoms with Gasteiger partial charge in [-0.25, -0.2) is 9.97 Å². The summed E-state index contributed by atoms with van der Waals surface area (Å²) in [5.41, 5.74) is 1.32. The molecule has 1 heterocycles. The largest absolute Gasteiger partial charge is 0.393 e. The van der Waals surface area contributed by atoms with Crippen LogP contribution in [0, 0.1) is 11.3 Å². The molecule has 17 heavy (non-hydrogen) atoms. The van der Waals surface area contributed by atoms with Crippen molar-refractivity contribution >= 4 is 5.82 Å². The third-order valence-corrected chi connectivity index (χ3v) is 3.35. The number of rotatable bonds is 3. The summed E-state index contributed by atoms with van der Waals surface area (Å²) in [7, 11) is 0. The Morgan fingerprint density at radius 2 is 2.18 bits per heavy atom. The molecule has 0 aromatic carbocycles. The number of nitrogens with one attached hydrogen (secondary N) is 1. The molecule has 2 aliphatic carbocycles. The highest BCUT2D eigenvalue weighted by Gasteiger charge is 2.30. The van der Waals surface area contributed by atoms with Gasteiger partial charge in [-0.05, 0) is 25.7 Å². The minimum atomic E-state index is -0.211. The fourth-order valence-electron chi connectivity index (χ4n) is 2.06. The van der Waals surface area contributed by atoms with Crippen LogP contribution in [0.15, 0.2) is 6.20 Å². The average molecular weight is 230 g/mol. The van der Waals surface area contributed by atoms with Crippen molar-refractivity contribution in [1.29, 1.82) is 5.26 Å². The Balaban J connectivity index is 1.80. The molecule has 0 bridgehead atoms. The second kappa shape index (κ2) is 3.97. The van der Waals surface area contributed by atoms with Gasteiger partial charge in [0, 0.05) is 12.0 Å². The van der Waals surface area contributed by atoms with E-state index in [1.165, 1.54) is 12.8 Å². The first-order valence-electron chi connectivity index (χ1n) is 5.98. The molecular formula is C12H14N4O. The van der Waals surface area contributed by atoms with E-state index in [2.05, 4.69) is 15.3 Å². The molecule has 0 radical (unpaired) electrons. The zero-order valence-electron chi connectivity index (χ0n) is 9.43. The lowest BCUT2D eigenvalue weighted by atomic mass is 9.89. The normalized spacial score (nSPS) is 27.1. The highest BCUT2D eigenvalue weighted by Crippen LogP contribution is 2.39. The van der Waals surface area contributed by atoms with Crippen LogP contribution in [-0.2, 0) is 0 Å². The average Bonchev–Trinajstić information content (AvgIpc) is 3.11. The summed E-state index contributed by atoms with van der Waals surface area (Å²) >= 11 is 0. The van der Waals surface area contributed by atoms with Gasteiger partial charge in [-0.1, -0.05) is 0 Å². The van der Waals surface area contributed by atoms with Crippen molar-refractivity contribution in [3.8, 4) is 6.07 Å². The van der Waals surface area contributed by atoms with Crippen LogP contribution in [0.2, 0.25) is 0 Å². The van der Waals surface area contributed by atoms with Crippen LogP contribution in [0.4, 0.5) is 5.82 Å². The SMILES string of the molecule is N#Cc1ncc(C2CC2)nc1NC1CC(O)C1. The number of nitrogens with zero attached hydrogens (tertiary/aromatic N) is 3. The van der Waals surface area contributed by atoms with Crippen molar-refractivity contribution in [1.82, 2.24) is 9.97 Å². The molecule has 2 aliphatic rings. The fourth-order valence-corrected chi connectivity index (χ4v) is 2.06. The number of aromatic nitrogens is 2. The zero-order chi connectivity index (χ0) is 11.8. The zero-order valence-corrected chi connectivity index (χ0v) is 9.43. The van der Waals surface area contributed by atoms with Gasteiger partial charge in [-0.15, -0.1) is 0 Å². The van der Waals surface area contributed by atoms with Crippen molar-refractivity contribution < 1.29 is 5.11 Å². The van der Waals surface area contributed by atoms with Crippen LogP contribution in [0.1, 0.15) is 43.0 Å². The van der Waals surface area contributed by atoms with Gasteiger partial charge in [0.2, 0.25) is 0 Å². The third kappa shape index (κ3) is 2.08. The van der Waals surface area contributed by atoms with Gasteiger partial charge in [0.25, 0.3) is 0 Å². The fraction of sp³-hybridized carbons (Fsp3) is 0.583. The number of anilines is 1. The van der Waals surface area contributed by atoms with Crippen LogP contribution in [0.3, 0.4) is 0 Å². The van der Waals surface area contributed by atoms with E-state index in [0.717, 1.165) is 18.5 Å². The number of aliphatic hydroxyl groups is 1. The maximum atomic E-state index is 9.23. The Hall–Kier alpha value is -1.67. The first kappa shape index (κ1) is 10.5. The van der Waals surface area contributed by atoms with Crippen molar-refractivity contribution in [3.63, 3.8) is 0 Å². The molecule has 2 fully saturated rings. The van der Waals surface area contributed by atoms with Gasteiger partial charge < -0.3 is 10.4 Å². The van der Waals surface area contributed by atoms with Gasteiger partial charge in [0.1, 0.15) is 6.07 Å². The Kier molecular flexibility index (Phi) is 2.45. The minimum Gasteiger partial charge on any atom is -0.393 e. The van der Waals surface area contributed by atoms with E-state index < -0.39 is 0 Å². The molecule has 0 aliphatic heterocycles. The molecule has 88 valence electrons. The van der Waals surface area contributed by atoms with Crippen molar-refractivity contribution in [2.24, 2.45) is 0 Å². The van der Waals surface area contributed by atoms with Crippen LogP contribution in [-0.4, -0.2) is 27.2 Å². The first-order valence-corrected chi connectivity index (χ1v) is 5.98. The van der Waals surface area contributed by atoms with Gasteiger partial charge in [0.05, 0.1) is 18.0 Å². The highest BCUT2D eigenvalue weighted by molar-refractivity contribution is 5.49. The molecule has 0 saturated heterocycles. The van der Waals surface area contributed by atoms with Gasteiger partial charge in [-0.2, -0.15) is 5.26 Å². The molecule has 0 unspecified atom stereocenters. The molecule has 1 aromatic heterocycles.